The number of Topliss-reactive ketones (excluding diaryl/α,β-unsaturated/α-hetero) is 1. The lowest BCUT2D eigenvalue weighted by molar-refractivity contribution is -0.140. The van der Waals surface area contributed by atoms with Gasteiger partial charge in [0.05, 0.1) is 5.56 Å². The highest BCUT2D eigenvalue weighted by Gasteiger charge is 2.23. The molecule has 6 nitrogen and oxygen atoms in total. The average Bonchev–Trinajstić information content (AvgIpc) is 2.80. The minimum Gasteiger partial charge on any atom is -0.480 e. The number of halogens is 1. The number of aromatic amines is 1. The molecule has 0 aliphatic heterocycles. The van der Waals surface area contributed by atoms with Crippen molar-refractivity contribution in [2.45, 2.75) is 13.0 Å². The molecule has 1 heterocycles. The number of aliphatic carboxylic acids is 1. The molecule has 104 valence electrons. The van der Waals surface area contributed by atoms with Gasteiger partial charge in [-0.1, -0.05) is 15.9 Å². The number of H-pyrrole nitrogens is 1. The summed E-state index contributed by atoms with van der Waals surface area (Å²) in [5.74, 6) is -2.92. The molecule has 20 heavy (non-hydrogen) atoms. The quantitative estimate of drug-likeness (QED) is 0.583. The van der Waals surface area contributed by atoms with E-state index in [4.69, 9.17) is 5.11 Å². The smallest absolute Gasteiger partial charge is 0.325 e. The van der Waals surface area contributed by atoms with Gasteiger partial charge in [-0.3, -0.25) is 14.4 Å². The van der Waals surface area contributed by atoms with Crippen molar-refractivity contribution in [3.63, 3.8) is 0 Å². The Bertz CT molecular complexity index is 707. The van der Waals surface area contributed by atoms with Crippen LogP contribution in [0.15, 0.2) is 28.9 Å². The second kappa shape index (κ2) is 5.46. The molecule has 0 aliphatic rings. The molecule has 1 aromatic heterocycles. The van der Waals surface area contributed by atoms with Crippen molar-refractivity contribution < 1.29 is 19.5 Å². The normalized spacial score (nSPS) is 12.1. The number of hydrogen-bond acceptors (Lipinski definition) is 3. The average molecular weight is 339 g/mol. The third-order valence-corrected chi connectivity index (χ3v) is 3.31. The Hall–Kier alpha value is -2.15. The Morgan fingerprint density at radius 1 is 1.35 bits per heavy atom. The van der Waals surface area contributed by atoms with E-state index in [1.54, 1.807) is 18.2 Å². The summed E-state index contributed by atoms with van der Waals surface area (Å²) < 4.78 is 0.776. The first-order valence-corrected chi connectivity index (χ1v) is 6.54. The first-order valence-electron chi connectivity index (χ1n) is 5.75. The van der Waals surface area contributed by atoms with E-state index in [0.717, 1.165) is 9.99 Å². The maximum absolute atomic E-state index is 12.0. The molecule has 2 aromatic rings. The lowest BCUT2D eigenvalue weighted by atomic mass is 10.1. The van der Waals surface area contributed by atoms with Gasteiger partial charge in [0, 0.05) is 21.6 Å². The number of carbonyl (C=O) groups is 3. The monoisotopic (exact) mass is 338 g/mol. The largest absolute Gasteiger partial charge is 0.480 e. The Labute approximate surface area is 122 Å². The van der Waals surface area contributed by atoms with Gasteiger partial charge in [0.15, 0.2) is 0 Å². The lowest BCUT2D eigenvalue weighted by Gasteiger charge is -2.07. The predicted octanol–water partition coefficient (Wildman–Crippen LogP) is 1.70. The zero-order valence-electron chi connectivity index (χ0n) is 10.4. The van der Waals surface area contributed by atoms with Crippen LogP contribution in [0.2, 0.25) is 0 Å². The van der Waals surface area contributed by atoms with Crippen LogP contribution in [0, 0.1) is 0 Å². The van der Waals surface area contributed by atoms with E-state index < -0.39 is 23.7 Å². The summed E-state index contributed by atoms with van der Waals surface area (Å²) in [4.78, 5) is 37.3. The second-order valence-corrected chi connectivity index (χ2v) is 5.17. The zero-order valence-corrected chi connectivity index (χ0v) is 12.0. The fraction of sp³-hybridized carbons (Fsp3) is 0.154. The van der Waals surface area contributed by atoms with E-state index in [1.165, 1.54) is 13.1 Å². The molecule has 0 unspecified atom stereocenters. The van der Waals surface area contributed by atoms with Crippen molar-refractivity contribution in [3.8, 4) is 0 Å². The van der Waals surface area contributed by atoms with Gasteiger partial charge < -0.3 is 15.4 Å². The molecule has 2 rings (SSSR count). The maximum Gasteiger partial charge on any atom is 0.325 e. The molecule has 7 heteroatoms. The number of aromatic nitrogens is 1. The van der Waals surface area contributed by atoms with Crippen LogP contribution >= 0.6 is 15.9 Å². The highest BCUT2D eigenvalue weighted by Crippen LogP contribution is 2.23. The molecule has 0 fully saturated rings. The van der Waals surface area contributed by atoms with E-state index in [2.05, 4.69) is 26.2 Å². The molecule has 0 aliphatic carbocycles. The van der Waals surface area contributed by atoms with E-state index in [9.17, 15) is 14.4 Å². The number of carboxylic acid groups (broad SMARTS) is 1. The van der Waals surface area contributed by atoms with Crippen molar-refractivity contribution >= 4 is 44.5 Å². The van der Waals surface area contributed by atoms with E-state index >= 15 is 0 Å². The molecule has 1 atom stereocenters. The summed E-state index contributed by atoms with van der Waals surface area (Å²) in [6, 6.07) is 4.17. The van der Waals surface area contributed by atoms with Crippen molar-refractivity contribution in [2.24, 2.45) is 0 Å². The molecular weight excluding hydrogens is 328 g/mol. The molecule has 3 N–H and O–H groups in total. The zero-order chi connectivity index (χ0) is 14.9. The standard InChI is InChI=1S/C13H11BrN2O4/c1-6(13(19)20)16-12(18)11(17)9-5-15-10-3-2-7(14)4-8(9)10/h2-6,15H,1H3,(H,16,18)(H,19,20)/t6-/m1/s1. The third-order valence-electron chi connectivity index (χ3n) is 2.81. The Morgan fingerprint density at radius 2 is 2.05 bits per heavy atom. The number of amides is 1. The van der Waals surface area contributed by atoms with Gasteiger partial charge in [-0.05, 0) is 25.1 Å². The van der Waals surface area contributed by atoms with E-state index in [-0.39, 0.29) is 5.56 Å². The van der Waals surface area contributed by atoms with E-state index in [0.29, 0.717) is 5.39 Å². The van der Waals surface area contributed by atoms with Gasteiger partial charge in [-0.25, -0.2) is 0 Å². The number of benzene rings is 1. The Morgan fingerprint density at radius 3 is 2.70 bits per heavy atom. The summed E-state index contributed by atoms with van der Waals surface area (Å²) in [5.41, 5.74) is 0.923. The van der Waals surface area contributed by atoms with Gasteiger partial charge >= 0.3 is 5.97 Å². The van der Waals surface area contributed by atoms with Crippen molar-refractivity contribution in [1.29, 1.82) is 0 Å². The van der Waals surface area contributed by atoms with Crippen molar-refractivity contribution in [3.05, 3.63) is 34.4 Å². The number of carboxylic acids is 1. The highest BCUT2D eigenvalue weighted by atomic mass is 79.9. The molecule has 0 radical (unpaired) electrons. The van der Waals surface area contributed by atoms with Crippen LogP contribution in [0.5, 0.6) is 0 Å². The molecule has 0 saturated carbocycles. The number of ketones is 1. The van der Waals surface area contributed by atoms with Crippen LogP contribution in [0.25, 0.3) is 10.9 Å². The maximum atomic E-state index is 12.0. The molecule has 0 bridgehead atoms. The fourth-order valence-corrected chi connectivity index (χ4v) is 2.09. The van der Waals surface area contributed by atoms with Gasteiger partial charge in [-0.2, -0.15) is 0 Å². The number of fused-ring (bicyclic) bond motifs is 1. The molecular formula is C13H11BrN2O4. The summed E-state index contributed by atoms with van der Waals surface area (Å²) in [7, 11) is 0. The predicted molar refractivity (Wildman–Crippen MR) is 75.6 cm³/mol. The first-order chi connectivity index (χ1) is 9.40. The topological polar surface area (TPSA) is 99.3 Å². The van der Waals surface area contributed by atoms with Gasteiger partial charge in [0.1, 0.15) is 6.04 Å². The van der Waals surface area contributed by atoms with Gasteiger partial charge in [-0.15, -0.1) is 0 Å². The summed E-state index contributed by atoms with van der Waals surface area (Å²) in [5, 5.41) is 11.4. The molecule has 1 amide bonds. The SMILES string of the molecule is C[C@@H](NC(=O)C(=O)c1c[nH]c2ccc(Br)cc12)C(=O)O. The number of nitrogens with one attached hydrogen (secondary N) is 2. The summed E-state index contributed by atoms with van der Waals surface area (Å²) in [6.45, 7) is 1.29. The molecule has 1 aromatic carbocycles. The Kier molecular flexibility index (Phi) is 3.89. The fourth-order valence-electron chi connectivity index (χ4n) is 1.73. The second-order valence-electron chi connectivity index (χ2n) is 4.25. The van der Waals surface area contributed by atoms with Crippen LogP contribution in [-0.2, 0) is 9.59 Å². The number of carbonyl (C=O) groups excluding carboxylic acids is 2. The molecule has 0 spiro atoms. The third kappa shape index (κ3) is 2.72. The van der Waals surface area contributed by atoms with Crippen LogP contribution in [-0.4, -0.2) is 33.8 Å². The number of rotatable bonds is 4. The van der Waals surface area contributed by atoms with Crippen LogP contribution in [0.1, 0.15) is 17.3 Å². The van der Waals surface area contributed by atoms with Gasteiger partial charge in [0.25, 0.3) is 11.7 Å². The lowest BCUT2D eigenvalue weighted by Crippen LogP contribution is -2.41. The van der Waals surface area contributed by atoms with Crippen molar-refractivity contribution in [2.75, 3.05) is 0 Å². The van der Waals surface area contributed by atoms with Crippen LogP contribution in [0.4, 0.5) is 0 Å². The highest BCUT2D eigenvalue weighted by molar-refractivity contribution is 9.10. The molecule has 0 saturated heterocycles. The number of hydrogen-bond donors (Lipinski definition) is 3. The minimum absolute atomic E-state index is 0.205. The summed E-state index contributed by atoms with van der Waals surface area (Å²) in [6.07, 6.45) is 1.43. The van der Waals surface area contributed by atoms with E-state index in [1.807, 2.05) is 0 Å². The van der Waals surface area contributed by atoms with Crippen LogP contribution in [0.3, 0.4) is 0 Å². The van der Waals surface area contributed by atoms with Crippen LogP contribution < -0.4 is 5.32 Å². The minimum atomic E-state index is -1.20. The Balaban J connectivity index is 2.29. The first kappa shape index (κ1) is 14.3. The van der Waals surface area contributed by atoms with Crippen molar-refractivity contribution in [1.82, 2.24) is 10.3 Å². The summed E-state index contributed by atoms with van der Waals surface area (Å²) >= 11 is 3.29. The van der Waals surface area contributed by atoms with Gasteiger partial charge in [0.2, 0.25) is 0 Å².